The number of fused-ring (bicyclic) bond motifs is 1. The Labute approximate surface area is 160 Å². The zero-order valence-corrected chi connectivity index (χ0v) is 15.6. The van der Waals surface area contributed by atoms with Gasteiger partial charge in [0.05, 0.1) is 12.3 Å². The summed E-state index contributed by atoms with van der Waals surface area (Å²) < 4.78 is 7.49. The average Bonchev–Trinajstić information content (AvgIpc) is 3.49. The number of rotatable bonds is 6. The highest BCUT2D eigenvalue weighted by Crippen LogP contribution is 2.26. The monoisotopic (exact) mass is 380 g/mol. The van der Waals surface area contributed by atoms with E-state index in [0.29, 0.717) is 0 Å². The molecule has 0 saturated carbocycles. The Kier molecular flexibility index (Phi) is 4.35. The zero-order valence-electron chi connectivity index (χ0n) is 14.8. The lowest BCUT2D eigenvalue weighted by atomic mass is 10.2. The summed E-state index contributed by atoms with van der Waals surface area (Å²) in [7, 11) is 0. The molecule has 8 heteroatoms. The van der Waals surface area contributed by atoms with Crippen molar-refractivity contribution in [2.45, 2.75) is 18.9 Å². The van der Waals surface area contributed by atoms with E-state index in [1.807, 2.05) is 29.6 Å². The summed E-state index contributed by atoms with van der Waals surface area (Å²) in [5.74, 6) is 2.56. The highest BCUT2D eigenvalue weighted by molar-refractivity contribution is 7.08. The Balaban J connectivity index is 1.39. The van der Waals surface area contributed by atoms with E-state index in [9.17, 15) is 0 Å². The Morgan fingerprint density at radius 2 is 2.07 bits per heavy atom. The third-order valence-corrected chi connectivity index (χ3v) is 5.65. The minimum absolute atomic E-state index is 0.206. The Bertz CT molecular complexity index is 1000. The third kappa shape index (κ3) is 3.22. The van der Waals surface area contributed by atoms with Crippen LogP contribution in [0, 0.1) is 0 Å². The van der Waals surface area contributed by atoms with Crippen molar-refractivity contribution in [2.24, 2.45) is 0 Å². The molecule has 0 aliphatic carbocycles. The lowest BCUT2D eigenvalue weighted by Crippen LogP contribution is -2.31. The van der Waals surface area contributed by atoms with E-state index in [4.69, 9.17) is 9.52 Å². The maximum absolute atomic E-state index is 5.70. The van der Waals surface area contributed by atoms with Crippen LogP contribution in [0.1, 0.15) is 24.6 Å². The van der Waals surface area contributed by atoms with Crippen LogP contribution < -0.4 is 5.32 Å². The fourth-order valence-electron chi connectivity index (χ4n) is 3.60. The number of hydrogen-bond acceptors (Lipinski definition) is 7. The van der Waals surface area contributed by atoms with Crippen LogP contribution in [0.15, 0.2) is 51.8 Å². The molecule has 1 unspecified atom stereocenters. The van der Waals surface area contributed by atoms with Crippen LogP contribution in [0.25, 0.3) is 17.0 Å². The van der Waals surface area contributed by atoms with E-state index in [0.717, 1.165) is 48.2 Å². The highest BCUT2D eigenvalue weighted by atomic mass is 32.1. The van der Waals surface area contributed by atoms with Crippen molar-refractivity contribution in [1.82, 2.24) is 24.7 Å². The predicted molar refractivity (Wildman–Crippen MR) is 105 cm³/mol. The molecule has 1 saturated heterocycles. The molecule has 27 heavy (non-hydrogen) atoms. The van der Waals surface area contributed by atoms with Gasteiger partial charge in [0.25, 0.3) is 0 Å². The second-order valence-corrected chi connectivity index (χ2v) is 7.46. The standard InChI is InChI=1S/C19H20N6OS/c1-2-9-24(8-1)15(16-4-3-10-26-16)12-20-17-5-6-18-21-22-19(25(18)23-17)14-7-11-27-13-14/h3-7,10-11,13,15H,1-2,8-9,12H2,(H,20,23). The SMILES string of the molecule is c1coc(C(CNc2ccc3nnc(-c4ccsc4)n3n2)N2CCCC2)c1. The average molecular weight is 380 g/mol. The molecule has 1 fully saturated rings. The van der Waals surface area contributed by atoms with Crippen LogP contribution in [0.5, 0.6) is 0 Å². The smallest absolute Gasteiger partial charge is 0.186 e. The second-order valence-electron chi connectivity index (χ2n) is 6.68. The molecule has 1 atom stereocenters. The second kappa shape index (κ2) is 7.13. The van der Waals surface area contributed by atoms with Gasteiger partial charge in [-0.05, 0) is 61.6 Å². The maximum Gasteiger partial charge on any atom is 0.186 e. The molecule has 1 N–H and O–H groups in total. The lowest BCUT2D eigenvalue weighted by Gasteiger charge is -2.26. The quantitative estimate of drug-likeness (QED) is 0.550. The van der Waals surface area contributed by atoms with E-state index in [1.165, 1.54) is 12.8 Å². The Morgan fingerprint density at radius 1 is 1.15 bits per heavy atom. The Morgan fingerprint density at radius 3 is 2.85 bits per heavy atom. The van der Waals surface area contributed by atoms with Gasteiger partial charge in [-0.3, -0.25) is 4.90 Å². The van der Waals surface area contributed by atoms with E-state index in [1.54, 1.807) is 22.1 Å². The minimum Gasteiger partial charge on any atom is -0.468 e. The normalized spacial score (nSPS) is 16.1. The van der Waals surface area contributed by atoms with Crippen LogP contribution in [0.2, 0.25) is 0 Å². The molecule has 4 aromatic rings. The molecule has 5 heterocycles. The summed E-state index contributed by atoms with van der Waals surface area (Å²) in [5.41, 5.74) is 1.77. The number of hydrogen-bond donors (Lipinski definition) is 1. The predicted octanol–water partition coefficient (Wildman–Crippen LogP) is 3.69. The van der Waals surface area contributed by atoms with E-state index >= 15 is 0 Å². The van der Waals surface area contributed by atoms with Crippen LogP contribution >= 0.6 is 11.3 Å². The van der Waals surface area contributed by atoms with Gasteiger partial charge in [-0.2, -0.15) is 15.9 Å². The first-order valence-electron chi connectivity index (χ1n) is 9.15. The molecule has 4 aromatic heterocycles. The van der Waals surface area contributed by atoms with Crippen molar-refractivity contribution in [1.29, 1.82) is 0 Å². The molecule has 0 radical (unpaired) electrons. The number of nitrogens with zero attached hydrogens (tertiary/aromatic N) is 5. The molecule has 0 bridgehead atoms. The molecule has 0 spiro atoms. The van der Waals surface area contributed by atoms with Gasteiger partial charge in [0.15, 0.2) is 11.5 Å². The van der Waals surface area contributed by atoms with Crippen molar-refractivity contribution >= 4 is 22.8 Å². The molecule has 5 rings (SSSR count). The molecule has 1 aliphatic rings. The molecule has 0 amide bonds. The first-order valence-corrected chi connectivity index (χ1v) is 10.1. The molecule has 1 aliphatic heterocycles. The number of likely N-dealkylation sites (tertiary alicyclic amines) is 1. The van der Waals surface area contributed by atoms with Crippen molar-refractivity contribution in [2.75, 3.05) is 25.0 Å². The highest BCUT2D eigenvalue weighted by Gasteiger charge is 2.25. The summed E-state index contributed by atoms with van der Waals surface area (Å²) in [5, 5.41) is 20.8. The van der Waals surface area contributed by atoms with Gasteiger partial charge in [0, 0.05) is 17.5 Å². The largest absolute Gasteiger partial charge is 0.468 e. The number of furan rings is 1. The topological polar surface area (TPSA) is 71.5 Å². The van der Waals surface area contributed by atoms with Gasteiger partial charge in [-0.1, -0.05) is 0 Å². The number of thiophene rings is 1. The fraction of sp³-hybridized carbons (Fsp3) is 0.316. The molecular formula is C19H20N6OS. The van der Waals surface area contributed by atoms with Crippen molar-refractivity contribution < 1.29 is 4.42 Å². The molecular weight excluding hydrogens is 360 g/mol. The first kappa shape index (κ1) is 16.5. The number of anilines is 1. The maximum atomic E-state index is 5.70. The first-order chi connectivity index (χ1) is 13.4. The summed E-state index contributed by atoms with van der Waals surface area (Å²) >= 11 is 1.64. The molecule has 138 valence electrons. The zero-order chi connectivity index (χ0) is 18.1. The van der Waals surface area contributed by atoms with Gasteiger partial charge in [0.2, 0.25) is 0 Å². The number of nitrogens with one attached hydrogen (secondary N) is 1. The summed E-state index contributed by atoms with van der Waals surface area (Å²) in [6.45, 7) is 2.95. The van der Waals surface area contributed by atoms with Gasteiger partial charge in [0.1, 0.15) is 11.6 Å². The van der Waals surface area contributed by atoms with E-state index in [-0.39, 0.29) is 6.04 Å². The molecule has 0 aromatic carbocycles. The van der Waals surface area contributed by atoms with Crippen molar-refractivity contribution in [3.05, 3.63) is 53.1 Å². The summed E-state index contributed by atoms with van der Waals surface area (Å²) in [6.07, 6.45) is 4.23. The van der Waals surface area contributed by atoms with Crippen molar-refractivity contribution in [3.63, 3.8) is 0 Å². The Hall–Kier alpha value is -2.71. The third-order valence-electron chi connectivity index (χ3n) is 4.97. The van der Waals surface area contributed by atoms with Gasteiger partial charge in [-0.15, -0.1) is 15.3 Å². The van der Waals surface area contributed by atoms with Gasteiger partial charge >= 0.3 is 0 Å². The van der Waals surface area contributed by atoms with Crippen LogP contribution in [0.3, 0.4) is 0 Å². The number of aromatic nitrogens is 4. The van der Waals surface area contributed by atoms with E-state index < -0.39 is 0 Å². The van der Waals surface area contributed by atoms with Crippen molar-refractivity contribution in [3.8, 4) is 11.4 Å². The van der Waals surface area contributed by atoms with Crippen LogP contribution in [-0.4, -0.2) is 44.3 Å². The molecule has 7 nitrogen and oxygen atoms in total. The summed E-state index contributed by atoms with van der Waals surface area (Å²) in [6, 6.07) is 10.1. The van der Waals surface area contributed by atoms with Gasteiger partial charge in [-0.25, -0.2) is 0 Å². The minimum atomic E-state index is 0.206. The fourth-order valence-corrected chi connectivity index (χ4v) is 4.23. The lowest BCUT2D eigenvalue weighted by molar-refractivity contribution is 0.225. The van der Waals surface area contributed by atoms with Crippen LogP contribution in [-0.2, 0) is 0 Å². The van der Waals surface area contributed by atoms with E-state index in [2.05, 4.69) is 31.9 Å². The van der Waals surface area contributed by atoms with Crippen LogP contribution in [0.4, 0.5) is 5.82 Å². The van der Waals surface area contributed by atoms with Gasteiger partial charge < -0.3 is 9.73 Å². The summed E-state index contributed by atoms with van der Waals surface area (Å²) in [4.78, 5) is 2.47.